The molecule has 0 unspecified atom stereocenters. The summed E-state index contributed by atoms with van der Waals surface area (Å²) in [6, 6.07) is 7.30. The molecule has 0 bridgehead atoms. The molecule has 0 spiro atoms. The molecule has 0 saturated heterocycles. The van der Waals surface area contributed by atoms with Gasteiger partial charge >= 0.3 is 11.8 Å². The zero-order valence-corrected chi connectivity index (χ0v) is 12.2. The Hall–Kier alpha value is -1.88. The number of hydrogen-bond donors (Lipinski definition) is 2. The molecule has 110 valence electrons. The summed E-state index contributed by atoms with van der Waals surface area (Å²) in [5.41, 5.74) is 1.64. The highest BCUT2D eigenvalue weighted by Gasteiger charge is 2.12. The van der Waals surface area contributed by atoms with Crippen LogP contribution in [0.2, 0.25) is 0 Å². The van der Waals surface area contributed by atoms with E-state index >= 15 is 0 Å². The Labute approximate surface area is 119 Å². The third-order valence-corrected chi connectivity index (χ3v) is 2.54. The predicted octanol–water partition coefficient (Wildman–Crippen LogP) is 1.86. The molecule has 0 aliphatic heterocycles. The van der Waals surface area contributed by atoms with Gasteiger partial charge in [0.1, 0.15) is 0 Å². The molecule has 0 aromatic heterocycles. The summed E-state index contributed by atoms with van der Waals surface area (Å²) in [7, 11) is 0. The number of hydrogen-bond acceptors (Lipinski definition) is 3. The van der Waals surface area contributed by atoms with Crippen molar-refractivity contribution in [3.63, 3.8) is 0 Å². The van der Waals surface area contributed by atoms with Crippen LogP contribution in [0.3, 0.4) is 0 Å². The fraction of sp³-hybridized carbons (Fsp3) is 0.467. The Morgan fingerprint density at radius 2 is 2.00 bits per heavy atom. The van der Waals surface area contributed by atoms with Gasteiger partial charge in [-0.1, -0.05) is 12.1 Å². The summed E-state index contributed by atoms with van der Waals surface area (Å²) in [5, 5.41) is 5.12. The summed E-state index contributed by atoms with van der Waals surface area (Å²) in [6.07, 6.45) is 0.858. The monoisotopic (exact) mass is 278 g/mol. The molecule has 5 nitrogen and oxygen atoms in total. The number of nitrogens with one attached hydrogen (secondary N) is 2. The van der Waals surface area contributed by atoms with Crippen molar-refractivity contribution in [2.45, 2.75) is 33.3 Å². The number of benzene rings is 1. The van der Waals surface area contributed by atoms with E-state index in [4.69, 9.17) is 4.74 Å². The molecular formula is C15H22N2O3. The second kappa shape index (κ2) is 8.32. The van der Waals surface area contributed by atoms with Crippen LogP contribution in [0.5, 0.6) is 0 Å². The van der Waals surface area contributed by atoms with Crippen LogP contribution in [-0.2, 0) is 14.3 Å². The first-order valence-corrected chi connectivity index (χ1v) is 6.76. The van der Waals surface area contributed by atoms with Crippen molar-refractivity contribution in [2.24, 2.45) is 0 Å². The Morgan fingerprint density at radius 3 is 2.65 bits per heavy atom. The van der Waals surface area contributed by atoms with Crippen molar-refractivity contribution in [3.05, 3.63) is 29.8 Å². The van der Waals surface area contributed by atoms with E-state index in [9.17, 15) is 9.59 Å². The van der Waals surface area contributed by atoms with E-state index in [1.54, 1.807) is 6.07 Å². The van der Waals surface area contributed by atoms with E-state index in [0.717, 1.165) is 5.56 Å². The first-order valence-electron chi connectivity index (χ1n) is 6.76. The smallest absolute Gasteiger partial charge is 0.313 e. The lowest BCUT2D eigenvalue weighted by molar-refractivity contribution is -0.136. The number of ether oxygens (including phenoxy) is 1. The van der Waals surface area contributed by atoms with Crippen LogP contribution in [0.15, 0.2) is 24.3 Å². The molecule has 20 heavy (non-hydrogen) atoms. The Kier molecular flexibility index (Phi) is 6.73. The van der Waals surface area contributed by atoms with Gasteiger partial charge < -0.3 is 15.4 Å². The maximum atomic E-state index is 11.6. The van der Waals surface area contributed by atoms with E-state index in [0.29, 0.717) is 25.3 Å². The van der Waals surface area contributed by atoms with E-state index < -0.39 is 11.8 Å². The molecule has 0 radical (unpaired) electrons. The van der Waals surface area contributed by atoms with Crippen molar-refractivity contribution in [3.8, 4) is 0 Å². The van der Waals surface area contributed by atoms with Crippen molar-refractivity contribution in [2.75, 3.05) is 18.5 Å². The lowest BCUT2D eigenvalue weighted by atomic mass is 10.2. The molecule has 1 aromatic rings. The fourth-order valence-electron chi connectivity index (χ4n) is 1.58. The summed E-state index contributed by atoms with van der Waals surface area (Å²) < 4.78 is 5.34. The zero-order valence-electron chi connectivity index (χ0n) is 12.2. The van der Waals surface area contributed by atoms with E-state index in [-0.39, 0.29) is 6.10 Å². The van der Waals surface area contributed by atoms with Gasteiger partial charge in [0.2, 0.25) is 0 Å². The van der Waals surface area contributed by atoms with E-state index in [1.165, 1.54) is 0 Å². The van der Waals surface area contributed by atoms with Gasteiger partial charge in [0.25, 0.3) is 0 Å². The first kappa shape index (κ1) is 16.2. The highest BCUT2D eigenvalue weighted by atomic mass is 16.5. The normalized spacial score (nSPS) is 10.4. The van der Waals surface area contributed by atoms with Crippen LogP contribution < -0.4 is 10.6 Å². The Morgan fingerprint density at radius 1 is 1.25 bits per heavy atom. The SMILES string of the molecule is Cc1cccc(NC(=O)C(=O)NCCCOC(C)C)c1. The molecule has 0 heterocycles. The summed E-state index contributed by atoms with van der Waals surface area (Å²) in [5.74, 6) is -1.28. The molecule has 0 aliphatic rings. The number of carbonyl (C=O) groups excluding carboxylic acids is 2. The summed E-state index contributed by atoms with van der Waals surface area (Å²) >= 11 is 0. The van der Waals surface area contributed by atoms with E-state index in [1.807, 2.05) is 39.0 Å². The van der Waals surface area contributed by atoms with Crippen LogP contribution >= 0.6 is 0 Å². The summed E-state index contributed by atoms with van der Waals surface area (Å²) in [6.45, 7) is 6.82. The van der Waals surface area contributed by atoms with Crippen LogP contribution in [-0.4, -0.2) is 31.1 Å². The second-order valence-electron chi connectivity index (χ2n) is 4.85. The number of amides is 2. The zero-order chi connectivity index (χ0) is 15.0. The molecule has 0 atom stereocenters. The van der Waals surface area contributed by atoms with Crippen molar-refractivity contribution < 1.29 is 14.3 Å². The third kappa shape index (κ3) is 6.33. The molecule has 5 heteroatoms. The summed E-state index contributed by atoms with van der Waals surface area (Å²) in [4.78, 5) is 23.2. The second-order valence-corrected chi connectivity index (χ2v) is 4.85. The standard InChI is InChI=1S/C15H22N2O3/c1-11(2)20-9-5-8-16-14(18)15(19)17-13-7-4-6-12(3)10-13/h4,6-7,10-11H,5,8-9H2,1-3H3,(H,16,18)(H,17,19). The molecule has 1 rings (SSSR count). The largest absolute Gasteiger partial charge is 0.379 e. The topological polar surface area (TPSA) is 67.4 Å². The highest BCUT2D eigenvalue weighted by molar-refractivity contribution is 6.39. The minimum Gasteiger partial charge on any atom is -0.379 e. The van der Waals surface area contributed by atoms with Crippen molar-refractivity contribution in [1.82, 2.24) is 5.32 Å². The van der Waals surface area contributed by atoms with Gasteiger partial charge in [0.05, 0.1) is 6.10 Å². The maximum absolute atomic E-state index is 11.6. The van der Waals surface area contributed by atoms with Crippen LogP contribution in [0, 0.1) is 6.92 Å². The number of rotatable bonds is 6. The fourth-order valence-corrected chi connectivity index (χ4v) is 1.58. The molecular weight excluding hydrogens is 256 g/mol. The lowest BCUT2D eigenvalue weighted by Crippen LogP contribution is -2.36. The molecule has 0 saturated carbocycles. The Balaban J connectivity index is 2.27. The minimum atomic E-state index is -0.652. The molecule has 1 aromatic carbocycles. The van der Waals surface area contributed by atoms with Gasteiger partial charge in [0, 0.05) is 18.8 Å². The molecule has 0 fully saturated rings. The number of anilines is 1. The van der Waals surface area contributed by atoms with Crippen LogP contribution in [0.1, 0.15) is 25.8 Å². The van der Waals surface area contributed by atoms with Gasteiger partial charge in [-0.3, -0.25) is 9.59 Å². The Bertz CT molecular complexity index is 458. The van der Waals surface area contributed by atoms with Crippen molar-refractivity contribution >= 4 is 17.5 Å². The number of carbonyl (C=O) groups is 2. The maximum Gasteiger partial charge on any atom is 0.313 e. The number of aryl methyl sites for hydroxylation is 1. The van der Waals surface area contributed by atoms with Gasteiger partial charge in [-0.05, 0) is 44.9 Å². The van der Waals surface area contributed by atoms with Crippen LogP contribution in [0.25, 0.3) is 0 Å². The average Bonchev–Trinajstić information content (AvgIpc) is 2.37. The van der Waals surface area contributed by atoms with Gasteiger partial charge in [0.15, 0.2) is 0 Å². The molecule has 2 amide bonds. The van der Waals surface area contributed by atoms with Gasteiger partial charge in [-0.2, -0.15) is 0 Å². The molecule has 0 aliphatic carbocycles. The molecule has 2 N–H and O–H groups in total. The minimum absolute atomic E-state index is 0.176. The average molecular weight is 278 g/mol. The van der Waals surface area contributed by atoms with E-state index in [2.05, 4.69) is 10.6 Å². The van der Waals surface area contributed by atoms with Crippen LogP contribution in [0.4, 0.5) is 5.69 Å². The quantitative estimate of drug-likeness (QED) is 0.616. The lowest BCUT2D eigenvalue weighted by Gasteiger charge is -2.08. The van der Waals surface area contributed by atoms with Gasteiger partial charge in [-0.15, -0.1) is 0 Å². The third-order valence-electron chi connectivity index (χ3n) is 2.54. The predicted molar refractivity (Wildman–Crippen MR) is 78.5 cm³/mol. The van der Waals surface area contributed by atoms with Gasteiger partial charge in [-0.25, -0.2) is 0 Å². The first-order chi connectivity index (χ1) is 9.49. The highest BCUT2D eigenvalue weighted by Crippen LogP contribution is 2.08. The van der Waals surface area contributed by atoms with Crippen molar-refractivity contribution in [1.29, 1.82) is 0 Å².